The molecule has 0 saturated carbocycles. The molecule has 0 aliphatic carbocycles. The zero-order valence-electron chi connectivity index (χ0n) is 13.0. The molecular weight excluding hydrogens is 286 g/mol. The molecule has 18 heavy (non-hydrogen) atoms. The highest BCUT2D eigenvalue weighted by Gasteiger charge is 2.24. The fraction of sp³-hybridized carbons (Fsp3) is 0.625. The van der Waals surface area contributed by atoms with Gasteiger partial charge in [-0.3, -0.25) is 0 Å². The minimum atomic E-state index is 0.144. The molecule has 1 nitrogen and oxygen atoms in total. The molecule has 0 aromatic heterocycles. The molecule has 1 aromatic carbocycles. The summed E-state index contributed by atoms with van der Waals surface area (Å²) in [4.78, 5) is 2.18. The van der Waals surface area contributed by atoms with E-state index in [2.05, 4.69) is 88.6 Å². The molecule has 0 fully saturated rings. The second kappa shape index (κ2) is 4.88. The van der Waals surface area contributed by atoms with Crippen LogP contribution in [0, 0.1) is 0 Å². The summed E-state index contributed by atoms with van der Waals surface area (Å²) in [5.41, 5.74) is 4.33. The normalized spacial score (nSPS) is 12.7. The zero-order valence-corrected chi connectivity index (χ0v) is 14.6. The molecule has 1 rings (SSSR count). The molecule has 0 N–H and O–H groups in total. The molecule has 0 radical (unpaired) electrons. The van der Waals surface area contributed by atoms with Crippen molar-refractivity contribution in [3.8, 4) is 0 Å². The number of halogens is 1. The van der Waals surface area contributed by atoms with Crippen LogP contribution in [0.2, 0.25) is 0 Å². The second-order valence-electron chi connectivity index (χ2n) is 7.25. The zero-order chi connectivity index (χ0) is 14.3. The maximum absolute atomic E-state index is 3.78. The van der Waals surface area contributed by atoms with Crippen molar-refractivity contribution in [2.45, 2.75) is 52.4 Å². The van der Waals surface area contributed by atoms with Gasteiger partial charge in [0.05, 0.1) is 5.69 Å². The summed E-state index contributed by atoms with van der Waals surface area (Å²) >= 11 is 3.78. The third-order valence-corrected chi connectivity index (χ3v) is 4.04. The Balaban J connectivity index is 3.58. The minimum Gasteiger partial charge on any atom is -0.377 e. The first-order valence-electron chi connectivity index (χ1n) is 6.46. The van der Waals surface area contributed by atoms with Gasteiger partial charge in [0.1, 0.15) is 0 Å². The van der Waals surface area contributed by atoms with Crippen LogP contribution in [0.3, 0.4) is 0 Å². The van der Waals surface area contributed by atoms with Crippen molar-refractivity contribution in [2.24, 2.45) is 0 Å². The average molecular weight is 312 g/mol. The van der Waals surface area contributed by atoms with E-state index >= 15 is 0 Å². The van der Waals surface area contributed by atoms with Gasteiger partial charge in [0, 0.05) is 18.6 Å². The lowest BCUT2D eigenvalue weighted by Crippen LogP contribution is -2.20. The highest BCUT2D eigenvalue weighted by Crippen LogP contribution is 2.39. The molecule has 2 heteroatoms. The molecule has 0 unspecified atom stereocenters. The van der Waals surface area contributed by atoms with Crippen LogP contribution in [0.1, 0.15) is 52.7 Å². The van der Waals surface area contributed by atoms with Crippen LogP contribution in [0.4, 0.5) is 5.69 Å². The summed E-state index contributed by atoms with van der Waals surface area (Å²) in [6.45, 7) is 13.6. The Kier molecular flexibility index (Phi) is 4.22. The quantitative estimate of drug-likeness (QED) is 0.696. The lowest BCUT2D eigenvalue weighted by molar-refractivity contribution is 0.566. The topological polar surface area (TPSA) is 3.24 Å². The van der Waals surface area contributed by atoms with Crippen LogP contribution in [0.15, 0.2) is 16.6 Å². The summed E-state index contributed by atoms with van der Waals surface area (Å²) in [5, 5.41) is 0. The third-order valence-electron chi connectivity index (χ3n) is 3.21. The number of anilines is 1. The Morgan fingerprint density at radius 2 is 1.39 bits per heavy atom. The Morgan fingerprint density at radius 3 is 1.72 bits per heavy atom. The van der Waals surface area contributed by atoms with Crippen molar-refractivity contribution >= 4 is 21.6 Å². The van der Waals surface area contributed by atoms with Crippen LogP contribution in [-0.4, -0.2) is 14.1 Å². The molecule has 0 saturated heterocycles. The fourth-order valence-electron chi connectivity index (χ4n) is 1.91. The summed E-state index contributed by atoms with van der Waals surface area (Å²) in [6, 6.07) is 4.64. The largest absolute Gasteiger partial charge is 0.377 e. The number of benzene rings is 1. The molecule has 102 valence electrons. The van der Waals surface area contributed by atoms with Crippen molar-refractivity contribution in [1.82, 2.24) is 0 Å². The van der Waals surface area contributed by atoms with Crippen LogP contribution >= 0.6 is 15.9 Å². The Hall–Kier alpha value is -0.500. The smallest absolute Gasteiger partial charge is 0.0511 e. The van der Waals surface area contributed by atoms with Gasteiger partial charge >= 0.3 is 0 Å². The van der Waals surface area contributed by atoms with E-state index in [-0.39, 0.29) is 10.8 Å². The monoisotopic (exact) mass is 311 g/mol. The standard InChI is InChI=1S/C16H26BrN/c1-15(2,3)11-9-12(16(4,5)6)14(17)13(10-11)18(7)8/h9-10H,1-8H3. The second-order valence-corrected chi connectivity index (χ2v) is 8.04. The maximum Gasteiger partial charge on any atom is 0.0511 e. The summed E-state index contributed by atoms with van der Waals surface area (Å²) in [5.74, 6) is 0. The van der Waals surface area contributed by atoms with E-state index in [0.717, 1.165) is 0 Å². The lowest BCUT2D eigenvalue weighted by Gasteiger charge is -2.29. The average Bonchev–Trinajstić information content (AvgIpc) is 2.13. The minimum absolute atomic E-state index is 0.144. The fourth-order valence-corrected chi connectivity index (χ4v) is 3.09. The molecule has 0 aliphatic rings. The first-order valence-corrected chi connectivity index (χ1v) is 7.25. The molecule has 0 heterocycles. The van der Waals surface area contributed by atoms with Crippen molar-refractivity contribution in [2.75, 3.05) is 19.0 Å². The molecule has 1 aromatic rings. The van der Waals surface area contributed by atoms with Crippen LogP contribution in [0.5, 0.6) is 0 Å². The van der Waals surface area contributed by atoms with Gasteiger partial charge in [-0.25, -0.2) is 0 Å². The van der Waals surface area contributed by atoms with Crippen LogP contribution in [0.25, 0.3) is 0 Å². The molecule has 0 bridgehead atoms. The van der Waals surface area contributed by atoms with Crippen molar-refractivity contribution in [3.63, 3.8) is 0 Å². The molecular formula is C16H26BrN. The lowest BCUT2D eigenvalue weighted by atomic mass is 9.80. The van der Waals surface area contributed by atoms with Crippen LogP contribution in [-0.2, 0) is 10.8 Å². The number of hydrogen-bond acceptors (Lipinski definition) is 1. The Morgan fingerprint density at radius 1 is 0.889 bits per heavy atom. The SMILES string of the molecule is CN(C)c1cc(C(C)(C)C)cc(C(C)(C)C)c1Br. The summed E-state index contributed by atoms with van der Waals surface area (Å²) in [6.07, 6.45) is 0. The molecule has 0 amide bonds. The third kappa shape index (κ3) is 3.28. The first-order chi connectivity index (χ1) is 7.94. The summed E-state index contributed by atoms with van der Waals surface area (Å²) < 4.78 is 1.22. The molecule has 0 atom stereocenters. The van der Waals surface area contributed by atoms with Crippen molar-refractivity contribution in [1.29, 1.82) is 0 Å². The Bertz CT molecular complexity index is 434. The summed E-state index contributed by atoms with van der Waals surface area (Å²) in [7, 11) is 4.19. The van der Waals surface area contributed by atoms with E-state index in [1.807, 2.05) is 0 Å². The van der Waals surface area contributed by atoms with Gasteiger partial charge in [-0.1, -0.05) is 47.6 Å². The number of rotatable bonds is 1. The van der Waals surface area contributed by atoms with Gasteiger partial charge in [-0.2, -0.15) is 0 Å². The van der Waals surface area contributed by atoms with E-state index in [0.29, 0.717) is 0 Å². The molecule has 0 aliphatic heterocycles. The van der Waals surface area contributed by atoms with Gasteiger partial charge in [-0.05, 0) is 44.0 Å². The number of hydrogen-bond donors (Lipinski definition) is 0. The van der Waals surface area contributed by atoms with E-state index in [9.17, 15) is 0 Å². The molecule has 0 spiro atoms. The van der Waals surface area contributed by atoms with E-state index in [1.54, 1.807) is 0 Å². The van der Waals surface area contributed by atoms with Gasteiger partial charge in [0.25, 0.3) is 0 Å². The first kappa shape index (κ1) is 15.6. The predicted molar refractivity (Wildman–Crippen MR) is 85.9 cm³/mol. The maximum atomic E-state index is 3.78. The van der Waals surface area contributed by atoms with E-state index in [1.165, 1.54) is 21.3 Å². The Labute approximate surface area is 121 Å². The number of nitrogens with zero attached hydrogens (tertiary/aromatic N) is 1. The van der Waals surface area contributed by atoms with Crippen molar-refractivity contribution < 1.29 is 0 Å². The highest BCUT2D eigenvalue weighted by molar-refractivity contribution is 9.10. The van der Waals surface area contributed by atoms with Crippen molar-refractivity contribution in [3.05, 3.63) is 27.7 Å². The van der Waals surface area contributed by atoms with Gasteiger partial charge < -0.3 is 4.90 Å². The van der Waals surface area contributed by atoms with E-state index in [4.69, 9.17) is 0 Å². The van der Waals surface area contributed by atoms with Gasteiger partial charge in [0.2, 0.25) is 0 Å². The van der Waals surface area contributed by atoms with Gasteiger partial charge in [-0.15, -0.1) is 0 Å². The predicted octanol–water partition coefficient (Wildman–Crippen LogP) is 5.11. The highest BCUT2D eigenvalue weighted by atomic mass is 79.9. The van der Waals surface area contributed by atoms with Crippen LogP contribution < -0.4 is 4.90 Å². The van der Waals surface area contributed by atoms with Gasteiger partial charge in [0.15, 0.2) is 0 Å². The van der Waals surface area contributed by atoms with E-state index < -0.39 is 0 Å².